The third-order valence-electron chi connectivity index (χ3n) is 2.17. The first kappa shape index (κ1) is 15.2. The van der Waals surface area contributed by atoms with Gasteiger partial charge >= 0.3 is 0 Å². The zero-order chi connectivity index (χ0) is 11.1. The van der Waals surface area contributed by atoms with E-state index < -0.39 is 0 Å². The van der Waals surface area contributed by atoms with Crippen molar-refractivity contribution in [3.05, 3.63) is 41.5 Å². The number of halogens is 1. The number of hydrogen-bond donors (Lipinski definition) is 1. The maximum Gasteiger partial charge on any atom is 0.0165 e. The molecule has 90 valence electrons. The van der Waals surface area contributed by atoms with Gasteiger partial charge in [-0.2, -0.15) is 0 Å². The van der Waals surface area contributed by atoms with Crippen molar-refractivity contribution in [2.24, 2.45) is 5.92 Å². The summed E-state index contributed by atoms with van der Waals surface area (Å²) in [5.41, 5.74) is 2.66. The molecule has 1 aromatic carbocycles. The van der Waals surface area contributed by atoms with Crippen molar-refractivity contribution in [3.63, 3.8) is 0 Å². The molecule has 16 heavy (non-hydrogen) atoms. The Labute approximate surface area is 105 Å². The average molecular weight is 240 g/mol. The smallest absolute Gasteiger partial charge is 0.0165 e. The Hall–Kier alpha value is -0.790. The molecule has 0 radical (unpaired) electrons. The topological polar surface area (TPSA) is 12.0 Å². The van der Waals surface area contributed by atoms with E-state index in [0.29, 0.717) is 0 Å². The van der Waals surface area contributed by atoms with Gasteiger partial charge in [-0.15, -0.1) is 12.4 Å². The third-order valence-corrected chi connectivity index (χ3v) is 2.17. The van der Waals surface area contributed by atoms with Crippen molar-refractivity contribution in [2.45, 2.75) is 20.8 Å². The maximum absolute atomic E-state index is 3.44. The van der Waals surface area contributed by atoms with E-state index in [4.69, 9.17) is 0 Å². The van der Waals surface area contributed by atoms with E-state index in [-0.39, 0.29) is 12.4 Å². The zero-order valence-electron chi connectivity index (χ0n) is 10.4. The molecule has 0 fully saturated rings. The first-order valence-electron chi connectivity index (χ1n) is 5.61. The van der Waals surface area contributed by atoms with Crippen LogP contribution in [0, 0.1) is 5.92 Å². The molecule has 2 heteroatoms. The van der Waals surface area contributed by atoms with E-state index in [1.165, 1.54) is 11.1 Å². The monoisotopic (exact) mass is 239 g/mol. The lowest BCUT2D eigenvalue weighted by Crippen LogP contribution is -2.21. The Balaban J connectivity index is 0.00000225. The van der Waals surface area contributed by atoms with Gasteiger partial charge in [-0.05, 0) is 24.9 Å². The van der Waals surface area contributed by atoms with Crippen LogP contribution in [0.5, 0.6) is 0 Å². The van der Waals surface area contributed by atoms with Gasteiger partial charge in [0, 0.05) is 6.54 Å². The molecule has 0 saturated carbocycles. The molecule has 1 N–H and O–H groups in total. The normalized spacial score (nSPS) is 11.4. The van der Waals surface area contributed by atoms with Crippen LogP contribution in [-0.4, -0.2) is 13.1 Å². The van der Waals surface area contributed by atoms with Crippen molar-refractivity contribution in [2.75, 3.05) is 13.1 Å². The summed E-state index contributed by atoms with van der Waals surface area (Å²) in [4.78, 5) is 0. The molecule has 0 heterocycles. The molecule has 0 aliphatic carbocycles. The molecule has 0 saturated heterocycles. The Morgan fingerprint density at radius 1 is 1.25 bits per heavy atom. The van der Waals surface area contributed by atoms with Gasteiger partial charge in [0.1, 0.15) is 0 Å². The molecule has 1 rings (SSSR count). The summed E-state index contributed by atoms with van der Waals surface area (Å²) in [5, 5.41) is 3.44. The number of nitrogens with one attached hydrogen (secondary N) is 1. The lowest BCUT2D eigenvalue weighted by molar-refractivity contribution is 0.572. The lowest BCUT2D eigenvalue weighted by Gasteiger charge is -2.07. The molecular formula is C14H22ClN. The predicted octanol–water partition coefficient (Wildman–Crippen LogP) is 3.76. The molecule has 0 atom stereocenters. The van der Waals surface area contributed by atoms with Crippen LogP contribution in [0.1, 0.15) is 26.3 Å². The summed E-state index contributed by atoms with van der Waals surface area (Å²) >= 11 is 0. The maximum atomic E-state index is 3.44. The van der Waals surface area contributed by atoms with Gasteiger partial charge < -0.3 is 5.32 Å². The predicted molar refractivity (Wildman–Crippen MR) is 75.0 cm³/mol. The first-order chi connectivity index (χ1) is 7.18. The van der Waals surface area contributed by atoms with E-state index in [0.717, 1.165) is 19.0 Å². The molecule has 1 aromatic rings. The SMILES string of the molecule is CC(=Cc1ccccc1)CNCC(C)C.Cl. The van der Waals surface area contributed by atoms with Crippen LogP contribution in [0.3, 0.4) is 0 Å². The minimum absolute atomic E-state index is 0. The summed E-state index contributed by atoms with van der Waals surface area (Å²) in [6.45, 7) is 8.68. The number of hydrogen-bond acceptors (Lipinski definition) is 1. The highest BCUT2D eigenvalue weighted by atomic mass is 35.5. The first-order valence-corrected chi connectivity index (χ1v) is 5.61. The Morgan fingerprint density at radius 3 is 2.44 bits per heavy atom. The highest BCUT2D eigenvalue weighted by molar-refractivity contribution is 5.85. The molecule has 0 bridgehead atoms. The van der Waals surface area contributed by atoms with Gasteiger partial charge in [-0.3, -0.25) is 0 Å². The number of rotatable bonds is 5. The fourth-order valence-corrected chi connectivity index (χ4v) is 1.44. The van der Waals surface area contributed by atoms with Crippen LogP contribution < -0.4 is 5.32 Å². The molecule has 0 spiro atoms. The summed E-state index contributed by atoms with van der Waals surface area (Å²) in [7, 11) is 0. The van der Waals surface area contributed by atoms with E-state index >= 15 is 0 Å². The summed E-state index contributed by atoms with van der Waals surface area (Å²) in [5.74, 6) is 0.717. The zero-order valence-corrected chi connectivity index (χ0v) is 11.2. The van der Waals surface area contributed by atoms with Crippen LogP contribution >= 0.6 is 12.4 Å². The van der Waals surface area contributed by atoms with E-state index in [1.54, 1.807) is 0 Å². The summed E-state index contributed by atoms with van der Waals surface area (Å²) in [6, 6.07) is 10.4. The second-order valence-electron chi connectivity index (χ2n) is 4.43. The van der Waals surface area contributed by atoms with Gasteiger partial charge in [-0.1, -0.05) is 55.8 Å². The van der Waals surface area contributed by atoms with Crippen molar-refractivity contribution >= 4 is 18.5 Å². The molecule has 0 amide bonds. The highest BCUT2D eigenvalue weighted by Crippen LogP contribution is 2.05. The van der Waals surface area contributed by atoms with Crippen LogP contribution in [0.25, 0.3) is 6.08 Å². The quantitative estimate of drug-likeness (QED) is 0.825. The molecule has 0 aromatic heterocycles. The average Bonchev–Trinajstić information content (AvgIpc) is 2.18. The standard InChI is InChI=1S/C14H21N.ClH/c1-12(2)10-15-11-13(3)9-14-7-5-4-6-8-14;/h4-9,12,15H,10-11H2,1-3H3;1H. The van der Waals surface area contributed by atoms with Crippen LogP contribution in [0.4, 0.5) is 0 Å². The minimum atomic E-state index is 0. The van der Waals surface area contributed by atoms with E-state index in [1.807, 2.05) is 6.07 Å². The van der Waals surface area contributed by atoms with E-state index in [2.05, 4.69) is 56.4 Å². The number of benzene rings is 1. The second kappa shape index (κ2) is 8.37. The molecule has 0 aliphatic rings. The summed E-state index contributed by atoms with van der Waals surface area (Å²) < 4.78 is 0. The van der Waals surface area contributed by atoms with E-state index in [9.17, 15) is 0 Å². The second-order valence-corrected chi connectivity index (χ2v) is 4.43. The van der Waals surface area contributed by atoms with Gasteiger partial charge in [0.15, 0.2) is 0 Å². The fourth-order valence-electron chi connectivity index (χ4n) is 1.44. The Bertz CT molecular complexity index is 304. The van der Waals surface area contributed by atoms with Gasteiger partial charge in [-0.25, -0.2) is 0 Å². The Morgan fingerprint density at radius 2 is 1.88 bits per heavy atom. The van der Waals surface area contributed by atoms with Gasteiger partial charge in [0.05, 0.1) is 0 Å². The molecule has 0 aliphatic heterocycles. The van der Waals surface area contributed by atoms with Crippen molar-refractivity contribution in [3.8, 4) is 0 Å². The van der Waals surface area contributed by atoms with Gasteiger partial charge in [0.25, 0.3) is 0 Å². The fraction of sp³-hybridized carbons (Fsp3) is 0.429. The summed E-state index contributed by atoms with van der Waals surface area (Å²) in [6.07, 6.45) is 2.23. The highest BCUT2D eigenvalue weighted by Gasteiger charge is 1.94. The van der Waals surface area contributed by atoms with Crippen molar-refractivity contribution in [1.29, 1.82) is 0 Å². The minimum Gasteiger partial charge on any atom is -0.313 e. The van der Waals surface area contributed by atoms with Crippen molar-refractivity contribution < 1.29 is 0 Å². The van der Waals surface area contributed by atoms with Gasteiger partial charge in [0.2, 0.25) is 0 Å². The molecule has 1 nitrogen and oxygen atoms in total. The molecular weight excluding hydrogens is 218 g/mol. The third kappa shape index (κ3) is 6.65. The van der Waals surface area contributed by atoms with Crippen LogP contribution in [0.15, 0.2) is 35.9 Å². The van der Waals surface area contributed by atoms with Crippen LogP contribution in [0.2, 0.25) is 0 Å². The Kier molecular flexibility index (Phi) is 7.96. The lowest BCUT2D eigenvalue weighted by atomic mass is 10.1. The van der Waals surface area contributed by atoms with Crippen LogP contribution in [-0.2, 0) is 0 Å². The van der Waals surface area contributed by atoms with Crippen molar-refractivity contribution in [1.82, 2.24) is 5.32 Å². The molecule has 0 unspecified atom stereocenters. The largest absolute Gasteiger partial charge is 0.313 e.